The van der Waals surface area contributed by atoms with E-state index in [1.165, 1.54) is 24.4 Å². The monoisotopic (exact) mass is 344 g/mol. The lowest BCUT2D eigenvalue weighted by molar-refractivity contribution is -0.119. The highest BCUT2D eigenvalue weighted by Crippen LogP contribution is 2.19. The summed E-state index contributed by atoms with van der Waals surface area (Å²) in [6.07, 6.45) is 0. The Kier molecular flexibility index (Phi) is 6.84. The van der Waals surface area contributed by atoms with E-state index in [1.54, 1.807) is 24.3 Å². The van der Waals surface area contributed by atoms with Gasteiger partial charge in [0.25, 0.3) is 0 Å². The Labute approximate surface area is 145 Å². The average Bonchev–Trinajstić information content (AvgIpc) is 2.56. The first-order chi connectivity index (χ1) is 11.6. The number of amides is 2. The molecule has 0 spiro atoms. The number of hydrogen-bond acceptors (Lipinski definition) is 4. The van der Waals surface area contributed by atoms with Gasteiger partial charge in [0.15, 0.2) is 0 Å². The number of carbonyl (C=O) groups is 2. The van der Waals surface area contributed by atoms with Crippen LogP contribution >= 0.6 is 11.8 Å². The molecule has 2 aromatic rings. The van der Waals surface area contributed by atoms with Crippen molar-refractivity contribution in [1.82, 2.24) is 0 Å². The predicted octanol–water partition coefficient (Wildman–Crippen LogP) is 3.31. The predicted molar refractivity (Wildman–Crippen MR) is 97.5 cm³/mol. The van der Waals surface area contributed by atoms with Gasteiger partial charge < -0.3 is 15.4 Å². The van der Waals surface area contributed by atoms with E-state index in [9.17, 15) is 9.59 Å². The second-order valence-corrected chi connectivity index (χ2v) is 6.26. The number of rotatable bonds is 7. The Bertz CT molecular complexity index is 684. The van der Waals surface area contributed by atoms with E-state index in [2.05, 4.69) is 10.6 Å². The molecule has 2 aromatic carbocycles. The Morgan fingerprint density at radius 2 is 1.46 bits per heavy atom. The van der Waals surface area contributed by atoms with Gasteiger partial charge in [-0.1, -0.05) is 17.7 Å². The first-order valence-electron chi connectivity index (χ1n) is 7.45. The summed E-state index contributed by atoms with van der Waals surface area (Å²) in [7, 11) is 1.47. The Morgan fingerprint density at radius 1 is 0.917 bits per heavy atom. The normalized spacial score (nSPS) is 10.2. The maximum Gasteiger partial charge on any atom is 0.250 e. The number of hydrogen-bond donors (Lipinski definition) is 2. The molecule has 6 heteroatoms. The fourth-order valence-electron chi connectivity index (χ4n) is 1.95. The van der Waals surface area contributed by atoms with Gasteiger partial charge in [-0.15, -0.1) is 11.8 Å². The summed E-state index contributed by atoms with van der Waals surface area (Å²) in [6, 6.07) is 15.0. The van der Waals surface area contributed by atoms with Crippen molar-refractivity contribution >= 4 is 35.0 Å². The van der Waals surface area contributed by atoms with Crippen LogP contribution in [0.4, 0.5) is 11.4 Å². The van der Waals surface area contributed by atoms with Gasteiger partial charge in [-0.25, -0.2) is 0 Å². The number of ether oxygens (including phenoxy) is 1. The largest absolute Gasteiger partial charge is 0.375 e. The minimum Gasteiger partial charge on any atom is -0.375 e. The molecular weight excluding hydrogens is 324 g/mol. The second kappa shape index (κ2) is 9.10. The lowest BCUT2D eigenvalue weighted by Gasteiger charge is -2.08. The van der Waals surface area contributed by atoms with Gasteiger partial charge in [0.1, 0.15) is 6.61 Å². The van der Waals surface area contributed by atoms with Crippen LogP contribution in [0.25, 0.3) is 0 Å². The van der Waals surface area contributed by atoms with Crippen LogP contribution in [0.1, 0.15) is 5.56 Å². The molecule has 0 unspecified atom stereocenters. The molecule has 0 radical (unpaired) electrons. The van der Waals surface area contributed by atoms with E-state index in [4.69, 9.17) is 4.74 Å². The molecule has 0 aromatic heterocycles. The lowest BCUT2D eigenvalue weighted by Crippen LogP contribution is -2.17. The molecule has 0 fully saturated rings. The maximum absolute atomic E-state index is 12.0. The van der Waals surface area contributed by atoms with Crippen LogP contribution in [0, 0.1) is 6.92 Å². The van der Waals surface area contributed by atoms with Gasteiger partial charge in [-0.2, -0.15) is 0 Å². The number of methoxy groups -OCH3 is 1. The van der Waals surface area contributed by atoms with Crippen molar-refractivity contribution in [3.63, 3.8) is 0 Å². The van der Waals surface area contributed by atoms with Crippen LogP contribution in [0.15, 0.2) is 53.4 Å². The molecule has 2 N–H and O–H groups in total. The maximum atomic E-state index is 12.0. The summed E-state index contributed by atoms with van der Waals surface area (Å²) in [6.45, 7) is 2.04. The van der Waals surface area contributed by atoms with Crippen LogP contribution in [-0.4, -0.2) is 31.3 Å². The summed E-state index contributed by atoms with van der Waals surface area (Å²) < 4.78 is 4.75. The fourth-order valence-corrected chi connectivity index (χ4v) is 2.64. The fraction of sp³-hybridized carbons (Fsp3) is 0.222. The SMILES string of the molecule is COCC(=O)Nc1ccc(NC(=O)CSc2ccc(C)cc2)cc1. The summed E-state index contributed by atoms with van der Waals surface area (Å²) in [5, 5.41) is 5.53. The Balaban J connectivity index is 1.81. The van der Waals surface area contributed by atoms with Crippen molar-refractivity contribution < 1.29 is 14.3 Å². The molecule has 0 saturated carbocycles. The van der Waals surface area contributed by atoms with Crippen LogP contribution < -0.4 is 10.6 Å². The van der Waals surface area contributed by atoms with Crippen molar-refractivity contribution in [2.24, 2.45) is 0 Å². The second-order valence-electron chi connectivity index (χ2n) is 5.21. The van der Waals surface area contributed by atoms with Crippen molar-refractivity contribution in [3.8, 4) is 0 Å². The molecule has 126 valence electrons. The summed E-state index contributed by atoms with van der Waals surface area (Å²) in [5.41, 5.74) is 2.54. The zero-order chi connectivity index (χ0) is 17.4. The Hall–Kier alpha value is -2.31. The third kappa shape index (κ3) is 6.06. The smallest absolute Gasteiger partial charge is 0.250 e. The van der Waals surface area contributed by atoms with E-state index in [0.29, 0.717) is 17.1 Å². The van der Waals surface area contributed by atoms with Crippen molar-refractivity contribution in [3.05, 3.63) is 54.1 Å². The topological polar surface area (TPSA) is 67.4 Å². The molecular formula is C18H20N2O3S. The molecule has 24 heavy (non-hydrogen) atoms. The van der Waals surface area contributed by atoms with Crippen LogP contribution in [0.2, 0.25) is 0 Å². The van der Waals surface area contributed by atoms with E-state index in [0.717, 1.165) is 4.90 Å². The molecule has 0 aliphatic rings. The molecule has 0 bridgehead atoms. The zero-order valence-corrected chi connectivity index (χ0v) is 14.5. The van der Waals surface area contributed by atoms with Gasteiger partial charge in [0, 0.05) is 23.4 Å². The molecule has 0 heterocycles. The number of anilines is 2. The number of benzene rings is 2. The highest BCUT2D eigenvalue weighted by atomic mass is 32.2. The van der Waals surface area contributed by atoms with Gasteiger partial charge >= 0.3 is 0 Å². The average molecular weight is 344 g/mol. The molecule has 0 aliphatic carbocycles. The van der Waals surface area contributed by atoms with Gasteiger partial charge in [-0.05, 0) is 43.3 Å². The number of nitrogens with one attached hydrogen (secondary N) is 2. The van der Waals surface area contributed by atoms with Gasteiger partial charge in [-0.3, -0.25) is 9.59 Å². The van der Waals surface area contributed by atoms with Crippen LogP contribution in [0.3, 0.4) is 0 Å². The van der Waals surface area contributed by atoms with E-state index in [-0.39, 0.29) is 18.4 Å². The van der Waals surface area contributed by atoms with E-state index in [1.807, 2.05) is 31.2 Å². The third-order valence-corrected chi connectivity index (χ3v) is 4.13. The first kappa shape index (κ1) is 18.0. The number of thioether (sulfide) groups is 1. The third-order valence-electron chi connectivity index (χ3n) is 3.12. The standard InChI is InChI=1S/C18H20N2O3S/c1-13-3-9-16(10-4-13)24-12-18(22)20-15-7-5-14(6-8-15)19-17(21)11-23-2/h3-10H,11-12H2,1-2H3,(H,19,21)(H,20,22). The van der Waals surface area contributed by atoms with E-state index < -0.39 is 0 Å². The zero-order valence-electron chi connectivity index (χ0n) is 13.7. The summed E-state index contributed by atoms with van der Waals surface area (Å²) in [5.74, 6) is 0.0515. The highest BCUT2D eigenvalue weighted by molar-refractivity contribution is 8.00. The molecule has 2 amide bonds. The number of carbonyl (C=O) groups excluding carboxylic acids is 2. The summed E-state index contributed by atoms with van der Waals surface area (Å²) >= 11 is 1.49. The highest BCUT2D eigenvalue weighted by Gasteiger charge is 2.05. The van der Waals surface area contributed by atoms with Crippen LogP contribution in [-0.2, 0) is 14.3 Å². The molecule has 2 rings (SSSR count). The molecule has 5 nitrogen and oxygen atoms in total. The van der Waals surface area contributed by atoms with E-state index >= 15 is 0 Å². The first-order valence-corrected chi connectivity index (χ1v) is 8.43. The number of aryl methyl sites for hydroxylation is 1. The van der Waals surface area contributed by atoms with Gasteiger partial charge in [0.05, 0.1) is 5.75 Å². The van der Waals surface area contributed by atoms with Crippen molar-refractivity contribution in [1.29, 1.82) is 0 Å². The Morgan fingerprint density at radius 3 is 2.00 bits per heavy atom. The minimum atomic E-state index is -0.219. The quantitative estimate of drug-likeness (QED) is 0.756. The van der Waals surface area contributed by atoms with Crippen molar-refractivity contribution in [2.45, 2.75) is 11.8 Å². The van der Waals surface area contributed by atoms with Crippen molar-refractivity contribution in [2.75, 3.05) is 30.1 Å². The summed E-state index contributed by atoms with van der Waals surface area (Å²) in [4.78, 5) is 24.5. The lowest BCUT2D eigenvalue weighted by atomic mass is 10.2. The molecule has 0 aliphatic heterocycles. The van der Waals surface area contributed by atoms with Gasteiger partial charge in [0.2, 0.25) is 11.8 Å². The molecule has 0 saturated heterocycles. The van der Waals surface area contributed by atoms with Crippen LogP contribution in [0.5, 0.6) is 0 Å². The molecule has 0 atom stereocenters. The minimum absolute atomic E-state index is 0.00865.